The minimum absolute atomic E-state index is 0.201. The van der Waals surface area contributed by atoms with Crippen LogP contribution in [0.1, 0.15) is 16.1 Å². The highest BCUT2D eigenvalue weighted by Gasteiger charge is 2.15. The van der Waals surface area contributed by atoms with Gasteiger partial charge in [-0.25, -0.2) is 4.68 Å². The fraction of sp³-hybridized carbons (Fsp3) is 0.105. The van der Waals surface area contributed by atoms with Crippen molar-refractivity contribution in [2.24, 2.45) is 5.73 Å². The Labute approximate surface area is 160 Å². The molecule has 27 heavy (non-hydrogen) atoms. The zero-order chi connectivity index (χ0) is 19.4. The van der Waals surface area contributed by atoms with Crippen molar-refractivity contribution in [1.82, 2.24) is 9.78 Å². The van der Waals surface area contributed by atoms with E-state index >= 15 is 0 Å². The van der Waals surface area contributed by atoms with Crippen molar-refractivity contribution >= 4 is 29.1 Å². The average Bonchev–Trinajstić information content (AvgIpc) is 3.02. The van der Waals surface area contributed by atoms with Gasteiger partial charge >= 0.3 is 0 Å². The first kappa shape index (κ1) is 18.5. The third-order valence-corrected chi connectivity index (χ3v) is 4.04. The molecule has 8 heteroatoms. The fourth-order valence-corrected chi connectivity index (χ4v) is 2.67. The Bertz CT molecular complexity index is 983. The molecule has 3 rings (SSSR count). The van der Waals surface area contributed by atoms with Gasteiger partial charge in [-0.15, -0.1) is 0 Å². The van der Waals surface area contributed by atoms with Crippen LogP contribution in [0.2, 0.25) is 5.02 Å². The predicted molar refractivity (Wildman–Crippen MR) is 102 cm³/mol. The summed E-state index contributed by atoms with van der Waals surface area (Å²) >= 11 is 6.02. The molecule has 0 aliphatic carbocycles. The van der Waals surface area contributed by atoms with E-state index in [9.17, 15) is 9.59 Å². The number of carbonyl (C=O) groups is 2. The second kappa shape index (κ2) is 7.92. The lowest BCUT2D eigenvalue weighted by Gasteiger charge is -2.08. The molecule has 0 aliphatic rings. The summed E-state index contributed by atoms with van der Waals surface area (Å²) in [5.41, 5.74) is 7.53. The number of nitrogens with one attached hydrogen (secondary N) is 1. The van der Waals surface area contributed by atoms with Crippen LogP contribution in [0.5, 0.6) is 5.75 Å². The highest BCUT2D eigenvalue weighted by atomic mass is 35.5. The molecular weight excluding hydrogens is 368 g/mol. The third kappa shape index (κ3) is 4.45. The average molecular weight is 385 g/mol. The van der Waals surface area contributed by atoms with Gasteiger partial charge in [0.2, 0.25) is 0 Å². The monoisotopic (exact) mass is 384 g/mol. The molecule has 3 N–H and O–H groups in total. The molecule has 0 unspecified atom stereocenters. The van der Waals surface area contributed by atoms with Gasteiger partial charge in [-0.05, 0) is 49.4 Å². The first-order chi connectivity index (χ1) is 12.9. The van der Waals surface area contributed by atoms with E-state index in [1.54, 1.807) is 41.1 Å². The van der Waals surface area contributed by atoms with E-state index in [1.165, 1.54) is 6.20 Å². The van der Waals surface area contributed by atoms with Gasteiger partial charge in [0.05, 0.1) is 23.1 Å². The van der Waals surface area contributed by atoms with Gasteiger partial charge in [-0.1, -0.05) is 17.7 Å². The SMILES string of the molecule is Cc1c(C(=O)Nc2ccc(OCC(N)=O)cc2)cnn1-c1cccc(Cl)c1. The number of anilines is 1. The number of halogens is 1. The Morgan fingerprint density at radius 1 is 1.22 bits per heavy atom. The Morgan fingerprint density at radius 2 is 1.96 bits per heavy atom. The molecule has 0 saturated carbocycles. The number of hydrogen-bond donors (Lipinski definition) is 2. The molecule has 0 aliphatic heterocycles. The molecule has 7 nitrogen and oxygen atoms in total. The highest BCUT2D eigenvalue weighted by molar-refractivity contribution is 6.30. The van der Waals surface area contributed by atoms with Crippen LogP contribution >= 0.6 is 11.6 Å². The molecule has 0 bridgehead atoms. The molecular formula is C19H17ClN4O3. The molecule has 0 atom stereocenters. The maximum Gasteiger partial charge on any atom is 0.259 e. The van der Waals surface area contributed by atoms with Crippen LogP contribution in [0, 0.1) is 6.92 Å². The Balaban J connectivity index is 1.72. The number of hydrogen-bond acceptors (Lipinski definition) is 4. The van der Waals surface area contributed by atoms with Crippen molar-refractivity contribution < 1.29 is 14.3 Å². The zero-order valence-electron chi connectivity index (χ0n) is 14.5. The summed E-state index contributed by atoms with van der Waals surface area (Å²) in [4.78, 5) is 23.3. The maximum atomic E-state index is 12.6. The lowest BCUT2D eigenvalue weighted by Crippen LogP contribution is -2.20. The largest absolute Gasteiger partial charge is 0.484 e. The number of aromatic nitrogens is 2. The number of nitrogens with zero attached hydrogens (tertiary/aromatic N) is 2. The van der Waals surface area contributed by atoms with Crippen LogP contribution < -0.4 is 15.8 Å². The van der Waals surface area contributed by atoms with Crippen LogP contribution in [0.3, 0.4) is 0 Å². The summed E-state index contributed by atoms with van der Waals surface area (Å²) < 4.78 is 6.84. The lowest BCUT2D eigenvalue weighted by atomic mass is 10.2. The number of ether oxygens (including phenoxy) is 1. The second-order valence-electron chi connectivity index (χ2n) is 5.77. The fourth-order valence-electron chi connectivity index (χ4n) is 2.49. The quantitative estimate of drug-likeness (QED) is 0.682. The van der Waals surface area contributed by atoms with Crippen LogP contribution in [-0.4, -0.2) is 28.2 Å². The standard InChI is InChI=1S/C19H17ClN4O3/c1-12-17(10-22-24(12)15-4-2-3-13(20)9-15)19(26)23-14-5-7-16(8-6-14)27-11-18(21)25/h2-10H,11H2,1H3,(H2,21,25)(H,23,26). The molecule has 0 radical (unpaired) electrons. The van der Waals surface area contributed by atoms with Crippen LogP contribution in [0.4, 0.5) is 5.69 Å². The Kier molecular flexibility index (Phi) is 5.42. The summed E-state index contributed by atoms with van der Waals surface area (Å²) in [6.07, 6.45) is 1.51. The molecule has 138 valence electrons. The smallest absolute Gasteiger partial charge is 0.259 e. The van der Waals surface area contributed by atoms with Crippen molar-refractivity contribution in [2.45, 2.75) is 6.92 Å². The van der Waals surface area contributed by atoms with Crippen LogP contribution in [-0.2, 0) is 4.79 Å². The summed E-state index contributed by atoms with van der Waals surface area (Å²) in [6.45, 7) is 1.61. The van der Waals surface area contributed by atoms with Crippen molar-refractivity contribution in [2.75, 3.05) is 11.9 Å². The molecule has 2 aromatic carbocycles. The normalized spacial score (nSPS) is 10.4. The van der Waals surface area contributed by atoms with Crippen LogP contribution in [0.15, 0.2) is 54.7 Å². The number of benzene rings is 2. The topological polar surface area (TPSA) is 99.2 Å². The van der Waals surface area contributed by atoms with Crippen molar-refractivity contribution in [1.29, 1.82) is 0 Å². The van der Waals surface area contributed by atoms with E-state index < -0.39 is 5.91 Å². The summed E-state index contributed by atoms with van der Waals surface area (Å²) in [5.74, 6) is -0.358. The molecule has 2 amide bonds. The highest BCUT2D eigenvalue weighted by Crippen LogP contribution is 2.20. The third-order valence-electron chi connectivity index (χ3n) is 3.80. The van der Waals surface area contributed by atoms with Crippen LogP contribution in [0.25, 0.3) is 5.69 Å². The van der Waals surface area contributed by atoms with Gasteiger partial charge in [0.1, 0.15) is 5.75 Å². The second-order valence-corrected chi connectivity index (χ2v) is 6.21. The van der Waals surface area contributed by atoms with Gasteiger partial charge in [-0.3, -0.25) is 9.59 Å². The minimum atomic E-state index is -0.556. The molecule has 1 heterocycles. The Morgan fingerprint density at radius 3 is 2.63 bits per heavy atom. The van der Waals surface area contributed by atoms with Crippen molar-refractivity contribution in [3.05, 3.63) is 71.0 Å². The van der Waals surface area contributed by atoms with Crippen molar-refractivity contribution in [3.8, 4) is 11.4 Å². The van der Waals surface area contributed by atoms with Gasteiger partial charge in [0.15, 0.2) is 6.61 Å². The summed E-state index contributed by atoms with van der Waals surface area (Å²) in [7, 11) is 0. The number of rotatable bonds is 6. The first-order valence-corrected chi connectivity index (χ1v) is 8.45. The van der Waals surface area contributed by atoms with Crippen molar-refractivity contribution in [3.63, 3.8) is 0 Å². The van der Waals surface area contributed by atoms with E-state index in [4.69, 9.17) is 22.1 Å². The molecule has 3 aromatic rings. The number of carbonyl (C=O) groups excluding carboxylic acids is 2. The number of primary amides is 1. The zero-order valence-corrected chi connectivity index (χ0v) is 15.2. The van der Waals surface area contributed by atoms with Gasteiger partial charge < -0.3 is 15.8 Å². The van der Waals surface area contributed by atoms with Gasteiger partial charge in [0.25, 0.3) is 11.8 Å². The van der Waals surface area contributed by atoms with Gasteiger partial charge in [-0.2, -0.15) is 5.10 Å². The maximum absolute atomic E-state index is 12.6. The van der Waals surface area contributed by atoms with Gasteiger partial charge in [0, 0.05) is 10.7 Å². The first-order valence-electron chi connectivity index (χ1n) is 8.07. The molecule has 0 fully saturated rings. The number of nitrogens with two attached hydrogens (primary N) is 1. The van der Waals surface area contributed by atoms with E-state index in [0.29, 0.717) is 27.7 Å². The van der Waals surface area contributed by atoms with E-state index in [1.807, 2.05) is 19.1 Å². The number of amides is 2. The van der Waals surface area contributed by atoms with E-state index in [2.05, 4.69) is 10.4 Å². The predicted octanol–water partition coefficient (Wildman–Crippen LogP) is 2.95. The molecule has 0 spiro atoms. The summed E-state index contributed by atoms with van der Waals surface area (Å²) in [5, 5.41) is 7.67. The molecule has 0 saturated heterocycles. The minimum Gasteiger partial charge on any atom is -0.484 e. The van der Waals surface area contributed by atoms with E-state index in [0.717, 1.165) is 5.69 Å². The van der Waals surface area contributed by atoms with E-state index in [-0.39, 0.29) is 12.5 Å². The Hall–Kier alpha value is -3.32. The lowest BCUT2D eigenvalue weighted by molar-refractivity contribution is -0.119. The molecule has 1 aromatic heterocycles. The summed E-state index contributed by atoms with van der Waals surface area (Å²) in [6, 6.07) is 13.8.